The van der Waals surface area contributed by atoms with Gasteiger partial charge in [-0.05, 0) is 56.2 Å². The molecule has 0 spiro atoms. The summed E-state index contributed by atoms with van der Waals surface area (Å²) >= 11 is 0. The van der Waals surface area contributed by atoms with E-state index >= 15 is 0 Å². The summed E-state index contributed by atoms with van der Waals surface area (Å²) in [4.78, 5) is 14.7. The topological polar surface area (TPSA) is 46.3 Å². The smallest absolute Gasteiger partial charge is 0.227 e. The van der Waals surface area contributed by atoms with E-state index in [1.165, 1.54) is 25.7 Å². The largest absolute Gasteiger partial charge is 0.399 e. The fraction of sp³-hybridized carbons (Fsp3) is 0.562. The maximum Gasteiger partial charge on any atom is 0.227 e. The molecule has 0 saturated heterocycles. The summed E-state index contributed by atoms with van der Waals surface area (Å²) in [6.45, 7) is 2.22. The van der Waals surface area contributed by atoms with Gasteiger partial charge in [0.1, 0.15) is 0 Å². The third-order valence-electron chi connectivity index (χ3n) is 4.31. The maximum atomic E-state index is 12.5. The fourth-order valence-corrected chi connectivity index (χ4v) is 2.82. The van der Waals surface area contributed by atoms with Gasteiger partial charge in [-0.1, -0.05) is 12.1 Å². The van der Waals surface area contributed by atoms with Crippen molar-refractivity contribution in [3.63, 3.8) is 0 Å². The van der Waals surface area contributed by atoms with Crippen LogP contribution >= 0.6 is 0 Å². The molecule has 2 saturated carbocycles. The monoisotopic (exact) mass is 258 g/mol. The Bertz CT molecular complexity index is 460. The van der Waals surface area contributed by atoms with Crippen LogP contribution in [0.1, 0.15) is 38.2 Å². The lowest BCUT2D eigenvalue weighted by molar-refractivity contribution is -0.133. The Kier molecular flexibility index (Phi) is 3.21. The summed E-state index contributed by atoms with van der Waals surface area (Å²) in [7, 11) is 0. The zero-order valence-electron chi connectivity index (χ0n) is 11.5. The number of nitrogen functional groups attached to an aromatic ring is 1. The van der Waals surface area contributed by atoms with Crippen LogP contribution < -0.4 is 5.73 Å². The molecule has 0 bridgehead atoms. The van der Waals surface area contributed by atoms with E-state index in [1.54, 1.807) is 0 Å². The van der Waals surface area contributed by atoms with Crippen LogP contribution in [-0.2, 0) is 11.2 Å². The summed E-state index contributed by atoms with van der Waals surface area (Å²) < 4.78 is 0. The molecule has 19 heavy (non-hydrogen) atoms. The second-order valence-corrected chi connectivity index (χ2v) is 6.03. The van der Waals surface area contributed by atoms with E-state index in [2.05, 4.69) is 11.8 Å². The molecule has 1 aromatic carbocycles. The molecule has 1 unspecified atom stereocenters. The lowest BCUT2D eigenvalue weighted by Gasteiger charge is -2.29. The second-order valence-electron chi connectivity index (χ2n) is 6.03. The highest BCUT2D eigenvalue weighted by atomic mass is 16.2. The van der Waals surface area contributed by atoms with E-state index in [0.717, 1.165) is 17.2 Å². The first-order chi connectivity index (χ1) is 9.15. The lowest BCUT2D eigenvalue weighted by atomic mass is 10.1. The van der Waals surface area contributed by atoms with E-state index in [4.69, 9.17) is 5.73 Å². The third-order valence-corrected chi connectivity index (χ3v) is 4.31. The van der Waals surface area contributed by atoms with Gasteiger partial charge < -0.3 is 10.6 Å². The average molecular weight is 258 g/mol. The number of benzene rings is 1. The zero-order valence-corrected chi connectivity index (χ0v) is 11.5. The van der Waals surface area contributed by atoms with Gasteiger partial charge >= 0.3 is 0 Å². The maximum absolute atomic E-state index is 12.5. The first-order valence-electron chi connectivity index (χ1n) is 7.30. The molecule has 2 N–H and O–H groups in total. The van der Waals surface area contributed by atoms with Gasteiger partial charge in [-0.2, -0.15) is 0 Å². The molecule has 2 aliphatic rings. The number of anilines is 1. The number of hydrogen-bond donors (Lipinski definition) is 1. The summed E-state index contributed by atoms with van der Waals surface area (Å²) in [6, 6.07) is 8.59. The number of rotatable bonds is 5. The van der Waals surface area contributed by atoms with Gasteiger partial charge in [-0.15, -0.1) is 0 Å². The van der Waals surface area contributed by atoms with Crippen LogP contribution in [-0.4, -0.2) is 22.9 Å². The molecular formula is C16H22N2O. The Morgan fingerprint density at radius 2 is 1.89 bits per heavy atom. The van der Waals surface area contributed by atoms with Crippen molar-refractivity contribution in [2.45, 2.75) is 51.1 Å². The number of carbonyl (C=O) groups is 1. The Hall–Kier alpha value is -1.51. The van der Waals surface area contributed by atoms with Crippen molar-refractivity contribution >= 4 is 11.6 Å². The molecule has 1 atom stereocenters. The fourth-order valence-electron chi connectivity index (χ4n) is 2.82. The van der Waals surface area contributed by atoms with Crippen LogP contribution in [0, 0.1) is 5.92 Å². The van der Waals surface area contributed by atoms with Crippen LogP contribution in [0.2, 0.25) is 0 Å². The highest BCUT2D eigenvalue weighted by molar-refractivity contribution is 5.80. The minimum Gasteiger partial charge on any atom is -0.399 e. The average Bonchev–Trinajstić information content (AvgIpc) is 3.26. The van der Waals surface area contributed by atoms with Gasteiger partial charge in [0.25, 0.3) is 0 Å². The van der Waals surface area contributed by atoms with Crippen molar-refractivity contribution < 1.29 is 4.79 Å². The van der Waals surface area contributed by atoms with E-state index in [1.807, 2.05) is 24.3 Å². The van der Waals surface area contributed by atoms with Crippen LogP contribution in [0.5, 0.6) is 0 Å². The number of amides is 1. The quantitative estimate of drug-likeness (QED) is 0.825. The minimum absolute atomic E-state index is 0.284. The normalized spacial score (nSPS) is 20.1. The number of carbonyl (C=O) groups excluding carboxylic acids is 1. The number of nitrogens with zero attached hydrogens (tertiary/aromatic N) is 1. The zero-order chi connectivity index (χ0) is 13.4. The Morgan fingerprint density at radius 3 is 2.42 bits per heavy atom. The van der Waals surface area contributed by atoms with Crippen molar-refractivity contribution in [1.82, 2.24) is 4.90 Å². The molecule has 0 aliphatic heterocycles. The van der Waals surface area contributed by atoms with E-state index in [0.29, 0.717) is 18.5 Å². The molecule has 3 heteroatoms. The standard InChI is InChI=1S/C16H22N2O/c1-11(13-4-5-13)18(15-8-9-15)16(19)10-12-2-6-14(17)7-3-12/h2-3,6-7,11,13,15H,4-5,8-10,17H2,1H3. The van der Waals surface area contributed by atoms with Gasteiger partial charge in [0.15, 0.2) is 0 Å². The highest BCUT2D eigenvalue weighted by Crippen LogP contribution is 2.39. The predicted octanol–water partition coefficient (Wildman–Crippen LogP) is 2.60. The van der Waals surface area contributed by atoms with E-state index in [-0.39, 0.29) is 5.91 Å². The van der Waals surface area contributed by atoms with Gasteiger partial charge in [0, 0.05) is 17.8 Å². The first-order valence-corrected chi connectivity index (χ1v) is 7.30. The molecule has 1 aromatic rings. The third kappa shape index (κ3) is 2.91. The highest BCUT2D eigenvalue weighted by Gasteiger charge is 2.41. The van der Waals surface area contributed by atoms with Gasteiger partial charge in [-0.25, -0.2) is 0 Å². The van der Waals surface area contributed by atoms with Crippen molar-refractivity contribution in [3.8, 4) is 0 Å². The van der Waals surface area contributed by atoms with Crippen molar-refractivity contribution in [3.05, 3.63) is 29.8 Å². The van der Waals surface area contributed by atoms with E-state index in [9.17, 15) is 4.79 Å². The Morgan fingerprint density at radius 1 is 1.26 bits per heavy atom. The van der Waals surface area contributed by atoms with Crippen molar-refractivity contribution in [1.29, 1.82) is 0 Å². The lowest BCUT2D eigenvalue weighted by Crippen LogP contribution is -2.42. The molecule has 0 aromatic heterocycles. The molecule has 3 nitrogen and oxygen atoms in total. The SMILES string of the molecule is CC(C1CC1)N(C(=O)Cc1ccc(N)cc1)C1CC1. The number of nitrogens with two attached hydrogens (primary N) is 1. The van der Waals surface area contributed by atoms with E-state index < -0.39 is 0 Å². The summed E-state index contributed by atoms with van der Waals surface area (Å²) in [5.74, 6) is 1.03. The molecule has 102 valence electrons. The van der Waals surface area contributed by atoms with Gasteiger partial charge in [-0.3, -0.25) is 4.79 Å². The molecule has 2 aliphatic carbocycles. The molecule has 2 fully saturated rings. The van der Waals surface area contributed by atoms with Crippen LogP contribution in [0.25, 0.3) is 0 Å². The molecule has 0 radical (unpaired) electrons. The van der Waals surface area contributed by atoms with Crippen molar-refractivity contribution in [2.75, 3.05) is 5.73 Å². The predicted molar refractivity (Wildman–Crippen MR) is 76.6 cm³/mol. The summed E-state index contributed by atoms with van der Waals surface area (Å²) in [5, 5.41) is 0. The van der Waals surface area contributed by atoms with Crippen LogP contribution in [0.4, 0.5) is 5.69 Å². The van der Waals surface area contributed by atoms with Crippen LogP contribution in [0.15, 0.2) is 24.3 Å². The molecule has 0 heterocycles. The first kappa shape index (κ1) is 12.5. The van der Waals surface area contributed by atoms with Gasteiger partial charge in [0.2, 0.25) is 5.91 Å². The Labute approximate surface area is 114 Å². The van der Waals surface area contributed by atoms with Crippen LogP contribution in [0.3, 0.4) is 0 Å². The summed E-state index contributed by atoms with van der Waals surface area (Å²) in [5.41, 5.74) is 7.49. The molecule has 3 rings (SSSR count). The number of hydrogen-bond acceptors (Lipinski definition) is 2. The molecular weight excluding hydrogens is 236 g/mol. The second kappa shape index (κ2) is 4.87. The van der Waals surface area contributed by atoms with Gasteiger partial charge in [0.05, 0.1) is 6.42 Å². The summed E-state index contributed by atoms with van der Waals surface area (Å²) in [6.07, 6.45) is 5.46. The Balaban J connectivity index is 1.68. The molecule has 1 amide bonds. The van der Waals surface area contributed by atoms with Crippen molar-refractivity contribution in [2.24, 2.45) is 5.92 Å². The minimum atomic E-state index is 0.284.